The summed E-state index contributed by atoms with van der Waals surface area (Å²) in [6, 6.07) is 21.4. The number of carbonyl (C=O) groups is 2. The number of anilines is 1. The van der Waals surface area contributed by atoms with Gasteiger partial charge in [-0.3, -0.25) is 4.79 Å². The third-order valence-corrected chi connectivity index (χ3v) is 4.76. The zero-order chi connectivity index (χ0) is 22.2. The predicted molar refractivity (Wildman–Crippen MR) is 118 cm³/mol. The molecular weight excluding hydrogens is 394 g/mol. The molecule has 0 saturated heterocycles. The maximum atomic E-state index is 12.9. The largest absolute Gasteiger partial charge is 0.497 e. The first-order valence-electron chi connectivity index (χ1n) is 9.85. The van der Waals surface area contributed by atoms with Crippen LogP contribution in [-0.2, 0) is 14.3 Å². The van der Waals surface area contributed by atoms with Gasteiger partial charge in [-0.2, -0.15) is 0 Å². The molecule has 0 radical (unpaired) electrons. The molecule has 3 rings (SSSR count). The Bertz CT molecular complexity index is 1050. The van der Waals surface area contributed by atoms with Crippen LogP contribution in [-0.4, -0.2) is 25.6 Å². The fourth-order valence-electron chi connectivity index (χ4n) is 2.92. The van der Waals surface area contributed by atoms with Gasteiger partial charge in [-0.05, 0) is 49.2 Å². The third kappa shape index (κ3) is 6.09. The number of esters is 1. The number of aryl methyl sites for hydroxylation is 2. The van der Waals surface area contributed by atoms with E-state index in [4.69, 9.17) is 14.2 Å². The van der Waals surface area contributed by atoms with Crippen LogP contribution in [0.25, 0.3) is 0 Å². The van der Waals surface area contributed by atoms with E-state index in [1.807, 2.05) is 32.0 Å². The number of hydrogen-bond acceptors (Lipinski definition) is 5. The SMILES string of the molecule is COc1cccc(NC(=O)C(OC(=O)COc2ccc(C)c(C)c2)c2ccccc2)c1. The topological polar surface area (TPSA) is 73.9 Å². The van der Waals surface area contributed by atoms with Crippen LogP contribution in [0.1, 0.15) is 22.8 Å². The maximum Gasteiger partial charge on any atom is 0.345 e. The van der Waals surface area contributed by atoms with Gasteiger partial charge >= 0.3 is 5.97 Å². The van der Waals surface area contributed by atoms with E-state index in [1.54, 1.807) is 61.7 Å². The number of ether oxygens (including phenoxy) is 3. The van der Waals surface area contributed by atoms with Crippen molar-refractivity contribution in [1.82, 2.24) is 0 Å². The molecular formula is C25H25NO5. The summed E-state index contributed by atoms with van der Waals surface area (Å²) in [5.74, 6) is 0.0526. The number of carbonyl (C=O) groups excluding carboxylic acids is 2. The van der Waals surface area contributed by atoms with Gasteiger partial charge in [0.15, 0.2) is 6.61 Å². The summed E-state index contributed by atoms with van der Waals surface area (Å²) < 4.78 is 16.2. The lowest BCUT2D eigenvalue weighted by atomic mass is 10.1. The Labute approximate surface area is 181 Å². The average molecular weight is 419 g/mol. The molecule has 0 aliphatic rings. The molecule has 1 atom stereocenters. The molecule has 0 spiro atoms. The van der Waals surface area contributed by atoms with Crippen LogP contribution in [0.3, 0.4) is 0 Å². The van der Waals surface area contributed by atoms with Crippen molar-refractivity contribution in [3.8, 4) is 11.5 Å². The Kier molecular flexibility index (Phi) is 7.27. The van der Waals surface area contributed by atoms with E-state index >= 15 is 0 Å². The second-order valence-electron chi connectivity index (χ2n) is 7.04. The molecule has 160 valence electrons. The quantitative estimate of drug-likeness (QED) is 0.540. The fourth-order valence-corrected chi connectivity index (χ4v) is 2.92. The van der Waals surface area contributed by atoms with Gasteiger partial charge in [0.05, 0.1) is 7.11 Å². The highest BCUT2D eigenvalue weighted by Crippen LogP contribution is 2.23. The molecule has 3 aromatic rings. The van der Waals surface area contributed by atoms with E-state index in [9.17, 15) is 9.59 Å². The number of hydrogen-bond donors (Lipinski definition) is 1. The maximum absolute atomic E-state index is 12.9. The van der Waals surface area contributed by atoms with Gasteiger partial charge in [0, 0.05) is 17.3 Å². The van der Waals surface area contributed by atoms with E-state index in [0.29, 0.717) is 22.7 Å². The Balaban J connectivity index is 1.70. The molecule has 0 aliphatic carbocycles. The predicted octanol–water partition coefficient (Wildman–Crippen LogP) is 4.61. The van der Waals surface area contributed by atoms with Crippen molar-refractivity contribution in [3.05, 3.63) is 89.5 Å². The lowest BCUT2D eigenvalue weighted by Gasteiger charge is -2.18. The van der Waals surface area contributed by atoms with E-state index in [1.165, 1.54) is 0 Å². The molecule has 6 heteroatoms. The van der Waals surface area contributed by atoms with Crippen LogP contribution in [0.4, 0.5) is 5.69 Å². The summed E-state index contributed by atoms with van der Waals surface area (Å²) in [6.07, 6.45) is -1.12. The first-order valence-corrected chi connectivity index (χ1v) is 9.85. The van der Waals surface area contributed by atoms with Crippen LogP contribution < -0.4 is 14.8 Å². The summed E-state index contributed by atoms with van der Waals surface area (Å²) in [5, 5.41) is 2.77. The minimum absolute atomic E-state index is 0.307. The van der Waals surface area contributed by atoms with Crippen LogP contribution in [0.5, 0.6) is 11.5 Å². The summed E-state index contributed by atoms with van der Waals surface area (Å²) >= 11 is 0. The normalized spacial score (nSPS) is 11.3. The highest BCUT2D eigenvalue weighted by molar-refractivity contribution is 5.96. The van der Waals surface area contributed by atoms with Crippen molar-refractivity contribution in [1.29, 1.82) is 0 Å². The summed E-state index contributed by atoms with van der Waals surface area (Å²) in [7, 11) is 1.55. The number of nitrogens with one attached hydrogen (secondary N) is 1. The van der Waals surface area contributed by atoms with Gasteiger partial charge in [-0.25, -0.2) is 4.79 Å². The van der Waals surface area contributed by atoms with Gasteiger partial charge in [0.2, 0.25) is 6.10 Å². The van der Waals surface area contributed by atoms with Crippen molar-refractivity contribution in [2.45, 2.75) is 20.0 Å². The minimum Gasteiger partial charge on any atom is -0.497 e. The van der Waals surface area contributed by atoms with E-state index in [0.717, 1.165) is 11.1 Å². The van der Waals surface area contributed by atoms with E-state index in [-0.39, 0.29) is 6.61 Å². The molecule has 6 nitrogen and oxygen atoms in total. The molecule has 0 saturated carbocycles. The highest BCUT2D eigenvalue weighted by atomic mass is 16.6. The van der Waals surface area contributed by atoms with Crippen LogP contribution in [0.15, 0.2) is 72.8 Å². The van der Waals surface area contributed by atoms with Gasteiger partial charge in [0.25, 0.3) is 5.91 Å². The molecule has 0 fully saturated rings. The highest BCUT2D eigenvalue weighted by Gasteiger charge is 2.25. The molecule has 1 N–H and O–H groups in total. The molecule has 0 bridgehead atoms. The van der Waals surface area contributed by atoms with Crippen molar-refractivity contribution in [3.63, 3.8) is 0 Å². The van der Waals surface area contributed by atoms with Crippen molar-refractivity contribution in [2.24, 2.45) is 0 Å². The van der Waals surface area contributed by atoms with Crippen molar-refractivity contribution >= 4 is 17.6 Å². The lowest BCUT2D eigenvalue weighted by Crippen LogP contribution is -2.28. The summed E-state index contributed by atoms with van der Waals surface area (Å²) in [4.78, 5) is 25.4. The molecule has 31 heavy (non-hydrogen) atoms. The molecule has 1 unspecified atom stereocenters. The minimum atomic E-state index is -1.12. The van der Waals surface area contributed by atoms with Crippen LogP contribution >= 0.6 is 0 Å². The van der Waals surface area contributed by atoms with Gasteiger partial charge < -0.3 is 19.5 Å². The van der Waals surface area contributed by atoms with E-state index < -0.39 is 18.0 Å². The summed E-state index contributed by atoms with van der Waals surface area (Å²) in [6.45, 7) is 3.66. The monoisotopic (exact) mass is 419 g/mol. The smallest absolute Gasteiger partial charge is 0.345 e. The lowest BCUT2D eigenvalue weighted by molar-refractivity contribution is -0.156. The van der Waals surface area contributed by atoms with Gasteiger partial charge in [0.1, 0.15) is 11.5 Å². The van der Waals surface area contributed by atoms with Gasteiger partial charge in [-0.1, -0.05) is 42.5 Å². The Morgan fingerprint density at radius 2 is 1.65 bits per heavy atom. The number of methoxy groups -OCH3 is 1. The van der Waals surface area contributed by atoms with Crippen molar-refractivity contribution < 1.29 is 23.8 Å². The number of amides is 1. The molecule has 0 aliphatic heterocycles. The van der Waals surface area contributed by atoms with Gasteiger partial charge in [-0.15, -0.1) is 0 Å². The third-order valence-electron chi connectivity index (χ3n) is 4.76. The zero-order valence-electron chi connectivity index (χ0n) is 17.8. The first-order chi connectivity index (χ1) is 15.0. The Morgan fingerprint density at radius 3 is 2.35 bits per heavy atom. The molecule has 0 heterocycles. The standard InChI is InChI=1S/C25H25NO5/c1-17-12-13-22(14-18(17)2)30-16-23(27)31-24(19-8-5-4-6-9-19)25(28)26-20-10-7-11-21(15-20)29-3/h4-15,24H,16H2,1-3H3,(H,26,28). The Morgan fingerprint density at radius 1 is 0.871 bits per heavy atom. The number of rotatable bonds is 8. The summed E-state index contributed by atoms with van der Waals surface area (Å²) in [5.41, 5.74) is 3.29. The molecule has 0 aromatic heterocycles. The Hall–Kier alpha value is -3.80. The zero-order valence-corrected chi connectivity index (χ0v) is 17.8. The fraction of sp³-hybridized carbons (Fsp3) is 0.200. The van der Waals surface area contributed by atoms with Crippen LogP contribution in [0, 0.1) is 13.8 Å². The first kappa shape index (κ1) is 21.9. The number of benzene rings is 3. The average Bonchev–Trinajstić information content (AvgIpc) is 2.79. The molecule has 1 amide bonds. The molecule has 3 aromatic carbocycles. The second-order valence-corrected chi connectivity index (χ2v) is 7.04. The van der Waals surface area contributed by atoms with Crippen LogP contribution in [0.2, 0.25) is 0 Å². The van der Waals surface area contributed by atoms with E-state index in [2.05, 4.69) is 5.32 Å². The second kappa shape index (κ2) is 10.3. The van der Waals surface area contributed by atoms with Crippen molar-refractivity contribution in [2.75, 3.05) is 19.0 Å².